The first-order chi connectivity index (χ1) is 10.2. The van der Waals surface area contributed by atoms with Gasteiger partial charge in [0, 0.05) is 24.4 Å². The van der Waals surface area contributed by atoms with Crippen molar-refractivity contribution in [1.29, 1.82) is 0 Å². The first kappa shape index (κ1) is 12.8. The van der Waals surface area contributed by atoms with Crippen molar-refractivity contribution in [3.63, 3.8) is 0 Å². The van der Waals surface area contributed by atoms with Gasteiger partial charge in [-0.15, -0.1) is 0 Å². The van der Waals surface area contributed by atoms with Crippen LogP contribution in [0.2, 0.25) is 0 Å². The lowest BCUT2D eigenvalue weighted by Crippen LogP contribution is -2.32. The lowest BCUT2D eigenvalue weighted by Gasteiger charge is -2.28. The fourth-order valence-electron chi connectivity index (χ4n) is 3.88. The number of nitrogens with zero attached hydrogens (tertiary/aromatic N) is 2. The number of aromatic nitrogens is 2. The van der Waals surface area contributed by atoms with E-state index in [1.165, 1.54) is 0 Å². The van der Waals surface area contributed by atoms with Crippen molar-refractivity contribution < 1.29 is 9.90 Å². The van der Waals surface area contributed by atoms with E-state index in [0.717, 1.165) is 36.7 Å². The molecule has 1 aliphatic carbocycles. The van der Waals surface area contributed by atoms with E-state index in [4.69, 9.17) is 0 Å². The standard InChI is InChI=1S/C16H19N3O2/c20-14-7-3-4-10-8-19(9-12(10)14)16(21)15-11-5-1-2-6-13(11)17-18-15/h1-2,5-6,10,12,14,20H,3-4,7-9H2,(H,17,18)/t10-,12+,14-/m1/s1. The highest BCUT2D eigenvalue weighted by Crippen LogP contribution is 2.37. The van der Waals surface area contributed by atoms with Crippen molar-refractivity contribution in [2.75, 3.05) is 13.1 Å². The molecule has 1 saturated carbocycles. The largest absolute Gasteiger partial charge is 0.393 e. The van der Waals surface area contributed by atoms with Crippen LogP contribution in [0.5, 0.6) is 0 Å². The smallest absolute Gasteiger partial charge is 0.275 e. The molecule has 1 saturated heterocycles. The predicted molar refractivity (Wildman–Crippen MR) is 78.8 cm³/mol. The maximum absolute atomic E-state index is 12.7. The monoisotopic (exact) mass is 285 g/mol. The molecule has 2 N–H and O–H groups in total. The van der Waals surface area contributed by atoms with Crippen LogP contribution < -0.4 is 0 Å². The number of hydrogen-bond donors (Lipinski definition) is 2. The molecule has 5 heteroatoms. The second-order valence-corrected chi connectivity index (χ2v) is 6.25. The molecule has 1 amide bonds. The zero-order chi connectivity index (χ0) is 14.4. The van der Waals surface area contributed by atoms with Crippen molar-refractivity contribution in [2.45, 2.75) is 25.4 Å². The maximum Gasteiger partial charge on any atom is 0.275 e. The summed E-state index contributed by atoms with van der Waals surface area (Å²) in [5, 5.41) is 18.1. The fraction of sp³-hybridized carbons (Fsp3) is 0.500. The van der Waals surface area contributed by atoms with Gasteiger partial charge < -0.3 is 10.0 Å². The topological polar surface area (TPSA) is 69.2 Å². The summed E-state index contributed by atoms with van der Waals surface area (Å²) in [5.41, 5.74) is 1.39. The van der Waals surface area contributed by atoms with Crippen LogP contribution in [0.1, 0.15) is 29.8 Å². The van der Waals surface area contributed by atoms with Crippen LogP contribution in [0, 0.1) is 11.8 Å². The summed E-state index contributed by atoms with van der Waals surface area (Å²) >= 11 is 0. The van der Waals surface area contributed by atoms with E-state index in [9.17, 15) is 9.90 Å². The molecule has 4 rings (SSSR count). The van der Waals surface area contributed by atoms with Crippen LogP contribution in [0.25, 0.3) is 10.9 Å². The number of para-hydroxylation sites is 1. The third-order valence-electron chi connectivity index (χ3n) is 5.02. The van der Waals surface area contributed by atoms with Gasteiger partial charge in [0.15, 0.2) is 5.69 Å². The second kappa shape index (κ2) is 4.84. The van der Waals surface area contributed by atoms with Gasteiger partial charge in [0.25, 0.3) is 5.91 Å². The van der Waals surface area contributed by atoms with Crippen LogP contribution in [-0.4, -0.2) is 45.3 Å². The van der Waals surface area contributed by atoms with Crippen LogP contribution in [-0.2, 0) is 0 Å². The molecule has 0 spiro atoms. The van der Waals surface area contributed by atoms with Crippen molar-refractivity contribution in [2.24, 2.45) is 11.8 Å². The Morgan fingerprint density at radius 2 is 2.14 bits per heavy atom. The summed E-state index contributed by atoms with van der Waals surface area (Å²) in [7, 11) is 0. The number of rotatable bonds is 1. The third kappa shape index (κ3) is 2.03. The summed E-state index contributed by atoms with van der Waals surface area (Å²) in [6.07, 6.45) is 2.80. The van der Waals surface area contributed by atoms with E-state index >= 15 is 0 Å². The molecule has 0 unspecified atom stereocenters. The molecule has 2 aromatic rings. The Hall–Kier alpha value is -1.88. The molecular weight excluding hydrogens is 266 g/mol. The van der Waals surface area contributed by atoms with Gasteiger partial charge in [-0.1, -0.05) is 24.6 Å². The maximum atomic E-state index is 12.7. The number of nitrogens with one attached hydrogen (secondary N) is 1. The molecule has 1 aliphatic heterocycles. The highest BCUT2D eigenvalue weighted by Gasteiger charge is 2.41. The summed E-state index contributed by atoms with van der Waals surface area (Å²) in [4.78, 5) is 14.6. The number of fused-ring (bicyclic) bond motifs is 2. The van der Waals surface area contributed by atoms with Crippen molar-refractivity contribution in [1.82, 2.24) is 15.1 Å². The highest BCUT2D eigenvalue weighted by atomic mass is 16.3. The molecule has 5 nitrogen and oxygen atoms in total. The van der Waals surface area contributed by atoms with Crippen LogP contribution in [0.4, 0.5) is 0 Å². The van der Waals surface area contributed by atoms with Crippen molar-refractivity contribution in [3.8, 4) is 0 Å². The normalized spacial score (nSPS) is 28.8. The van der Waals surface area contributed by atoms with Gasteiger partial charge in [-0.25, -0.2) is 0 Å². The zero-order valence-corrected chi connectivity index (χ0v) is 11.8. The predicted octanol–water partition coefficient (Wildman–Crippen LogP) is 1.80. The Balaban J connectivity index is 1.61. The molecule has 0 bridgehead atoms. The number of aliphatic hydroxyl groups excluding tert-OH is 1. The third-order valence-corrected chi connectivity index (χ3v) is 5.02. The average Bonchev–Trinajstić information content (AvgIpc) is 3.11. The number of benzene rings is 1. The minimum atomic E-state index is -0.252. The van der Waals surface area contributed by atoms with E-state index in [0.29, 0.717) is 18.2 Å². The molecule has 2 fully saturated rings. The molecule has 2 heterocycles. The number of aromatic amines is 1. The Kier molecular flexibility index (Phi) is 2.96. The molecule has 0 radical (unpaired) electrons. The molecule has 1 aromatic heterocycles. The molecule has 1 aromatic carbocycles. The Bertz CT molecular complexity index is 681. The number of likely N-dealkylation sites (tertiary alicyclic amines) is 1. The second-order valence-electron chi connectivity index (χ2n) is 6.25. The summed E-state index contributed by atoms with van der Waals surface area (Å²) in [5.74, 6) is 0.671. The number of carbonyl (C=O) groups is 1. The first-order valence-electron chi connectivity index (χ1n) is 7.64. The molecule has 21 heavy (non-hydrogen) atoms. The molecule has 110 valence electrons. The lowest BCUT2D eigenvalue weighted by atomic mass is 9.80. The number of hydrogen-bond acceptors (Lipinski definition) is 3. The fourth-order valence-corrected chi connectivity index (χ4v) is 3.88. The zero-order valence-electron chi connectivity index (χ0n) is 11.8. The van der Waals surface area contributed by atoms with E-state index in [1.54, 1.807) is 0 Å². The van der Waals surface area contributed by atoms with Crippen LogP contribution in [0.15, 0.2) is 24.3 Å². The number of H-pyrrole nitrogens is 1. The Morgan fingerprint density at radius 3 is 3.00 bits per heavy atom. The van der Waals surface area contributed by atoms with E-state index in [1.807, 2.05) is 29.2 Å². The molecule has 2 aliphatic rings. The first-order valence-corrected chi connectivity index (χ1v) is 7.64. The summed E-state index contributed by atoms with van der Waals surface area (Å²) < 4.78 is 0. The van der Waals surface area contributed by atoms with Gasteiger partial charge >= 0.3 is 0 Å². The number of carbonyl (C=O) groups excluding carboxylic acids is 1. The minimum Gasteiger partial charge on any atom is -0.393 e. The van der Waals surface area contributed by atoms with Crippen molar-refractivity contribution >= 4 is 16.8 Å². The highest BCUT2D eigenvalue weighted by molar-refractivity contribution is 6.04. The minimum absolute atomic E-state index is 0.0194. The lowest BCUT2D eigenvalue weighted by molar-refractivity contribution is 0.0539. The van der Waals surface area contributed by atoms with E-state index < -0.39 is 0 Å². The Morgan fingerprint density at radius 1 is 1.29 bits per heavy atom. The average molecular weight is 285 g/mol. The Labute approximate surface area is 122 Å². The molecular formula is C16H19N3O2. The van der Waals surface area contributed by atoms with E-state index in [2.05, 4.69) is 10.2 Å². The van der Waals surface area contributed by atoms with E-state index in [-0.39, 0.29) is 17.9 Å². The van der Waals surface area contributed by atoms with Gasteiger partial charge in [0.05, 0.1) is 11.6 Å². The van der Waals surface area contributed by atoms with Crippen LogP contribution >= 0.6 is 0 Å². The SMILES string of the molecule is O=C(c1n[nH]c2ccccc12)N1C[C@H]2CCC[C@@H](O)[C@H]2C1. The van der Waals surface area contributed by atoms with Crippen LogP contribution in [0.3, 0.4) is 0 Å². The number of aliphatic hydroxyl groups is 1. The van der Waals surface area contributed by atoms with Gasteiger partial charge in [-0.3, -0.25) is 9.89 Å². The number of amides is 1. The quantitative estimate of drug-likeness (QED) is 0.839. The summed E-state index contributed by atoms with van der Waals surface area (Å²) in [6.45, 7) is 1.41. The molecule has 3 atom stereocenters. The van der Waals surface area contributed by atoms with Gasteiger partial charge in [0.2, 0.25) is 0 Å². The van der Waals surface area contributed by atoms with Gasteiger partial charge in [-0.05, 0) is 24.8 Å². The summed E-state index contributed by atoms with van der Waals surface area (Å²) in [6, 6.07) is 7.69. The van der Waals surface area contributed by atoms with Gasteiger partial charge in [-0.2, -0.15) is 5.10 Å². The van der Waals surface area contributed by atoms with Gasteiger partial charge in [0.1, 0.15) is 0 Å². The van der Waals surface area contributed by atoms with Crippen molar-refractivity contribution in [3.05, 3.63) is 30.0 Å².